The van der Waals surface area contributed by atoms with Crippen LogP contribution in [0.15, 0.2) is 66.2 Å². The van der Waals surface area contributed by atoms with E-state index in [2.05, 4.69) is 5.32 Å². The Morgan fingerprint density at radius 3 is 2.47 bits per heavy atom. The molecule has 3 rings (SSSR count). The van der Waals surface area contributed by atoms with Crippen molar-refractivity contribution in [1.82, 2.24) is 9.88 Å². The largest absolute Gasteiger partial charge is 0.465 e. The number of aromatic nitrogens is 1. The Kier molecular flexibility index (Phi) is 6.91. The molecule has 0 saturated heterocycles. The van der Waals surface area contributed by atoms with E-state index in [1.165, 1.54) is 7.11 Å². The van der Waals surface area contributed by atoms with Crippen molar-refractivity contribution in [2.45, 2.75) is 26.8 Å². The standard InChI is InChI=1S/C26H25N3O3/c1-17-13-22(19(3)29(17)24-12-8-11-21(15-24)26(31)32-4)14-23(16-27)25(30)28-18(2)20-9-6-5-7-10-20/h5-15,18H,1-4H3,(H,28,30)/b23-14-/t18-/m1/s1. The van der Waals surface area contributed by atoms with Gasteiger partial charge in [-0.15, -0.1) is 0 Å². The van der Waals surface area contributed by atoms with Gasteiger partial charge in [0, 0.05) is 17.1 Å². The molecule has 0 radical (unpaired) electrons. The maximum absolute atomic E-state index is 12.7. The van der Waals surface area contributed by atoms with Crippen molar-refractivity contribution in [3.8, 4) is 11.8 Å². The normalized spacial score (nSPS) is 12.0. The van der Waals surface area contributed by atoms with Gasteiger partial charge in [-0.3, -0.25) is 4.79 Å². The summed E-state index contributed by atoms with van der Waals surface area (Å²) in [4.78, 5) is 24.6. The Labute approximate surface area is 187 Å². The van der Waals surface area contributed by atoms with Crippen LogP contribution in [0.25, 0.3) is 11.8 Å². The number of amides is 1. The maximum Gasteiger partial charge on any atom is 0.337 e. The first-order valence-corrected chi connectivity index (χ1v) is 10.2. The van der Waals surface area contributed by atoms with Crippen molar-refractivity contribution in [2.24, 2.45) is 0 Å². The van der Waals surface area contributed by atoms with Crippen LogP contribution in [0, 0.1) is 25.2 Å². The molecule has 0 fully saturated rings. The third-order valence-corrected chi connectivity index (χ3v) is 5.31. The van der Waals surface area contributed by atoms with Crippen LogP contribution in [0.1, 0.15) is 45.8 Å². The first kappa shape index (κ1) is 22.6. The molecule has 1 amide bonds. The van der Waals surface area contributed by atoms with Gasteiger partial charge in [-0.2, -0.15) is 5.26 Å². The predicted molar refractivity (Wildman–Crippen MR) is 123 cm³/mol. The molecule has 0 unspecified atom stereocenters. The Balaban J connectivity index is 1.91. The van der Waals surface area contributed by atoms with Crippen LogP contribution in [-0.4, -0.2) is 23.6 Å². The number of aryl methyl sites for hydroxylation is 1. The second kappa shape index (κ2) is 9.80. The molecule has 32 heavy (non-hydrogen) atoms. The summed E-state index contributed by atoms with van der Waals surface area (Å²) in [6.07, 6.45) is 1.59. The number of ether oxygens (including phenoxy) is 1. The fraction of sp³-hybridized carbons (Fsp3) is 0.192. The zero-order chi connectivity index (χ0) is 23.3. The van der Waals surface area contributed by atoms with Gasteiger partial charge in [-0.05, 0) is 62.2 Å². The highest BCUT2D eigenvalue weighted by molar-refractivity contribution is 6.02. The molecular weight excluding hydrogens is 402 g/mol. The van der Waals surface area contributed by atoms with Gasteiger partial charge in [0.05, 0.1) is 18.7 Å². The molecule has 2 aromatic carbocycles. The highest BCUT2D eigenvalue weighted by Crippen LogP contribution is 2.24. The second-order valence-corrected chi connectivity index (χ2v) is 7.48. The number of nitriles is 1. The number of benzene rings is 2. The molecule has 0 saturated carbocycles. The van der Waals surface area contributed by atoms with Gasteiger partial charge in [0.15, 0.2) is 0 Å². The predicted octanol–water partition coefficient (Wildman–Crippen LogP) is 4.67. The highest BCUT2D eigenvalue weighted by Gasteiger charge is 2.17. The summed E-state index contributed by atoms with van der Waals surface area (Å²) in [5, 5.41) is 12.5. The maximum atomic E-state index is 12.7. The number of hydrogen-bond donors (Lipinski definition) is 1. The Bertz CT molecular complexity index is 1220. The molecule has 1 N–H and O–H groups in total. The summed E-state index contributed by atoms with van der Waals surface area (Å²) >= 11 is 0. The van der Waals surface area contributed by atoms with Gasteiger partial charge in [0.25, 0.3) is 5.91 Å². The first-order valence-electron chi connectivity index (χ1n) is 10.2. The monoisotopic (exact) mass is 427 g/mol. The van der Waals surface area contributed by atoms with E-state index in [0.717, 1.165) is 28.2 Å². The quantitative estimate of drug-likeness (QED) is 0.352. The number of methoxy groups -OCH3 is 1. The number of nitrogens with one attached hydrogen (secondary N) is 1. The number of nitrogens with zero attached hydrogens (tertiary/aromatic N) is 2. The first-order chi connectivity index (χ1) is 15.3. The Morgan fingerprint density at radius 1 is 1.09 bits per heavy atom. The average molecular weight is 428 g/mol. The SMILES string of the molecule is COC(=O)c1cccc(-n2c(C)cc(/C=C(/C#N)C(=O)N[C@H](C)c3ccccc3)c2C)c1. The van der Waals surface area contributed by atoms with Crippen molar-refractivity contribution in [3.05, 3.63) is 94.3 Å². The third kappa shape index (κ3) is 4.79. The van der Waals surface area contributed by atoms with E-state index in [-0.39, 0.29) is 11.6 Å². The summed E-state index contributed by atoms with van der Waals surface area (Å²) < 4.78 is 6.78. The molecule has 0 bridgehead atoms. The lowest BCUT2D eigenvalue weighted by Gasteiger charge is -2.14. The van der Waals surface area contributed by atoms with Crippen LogP contribution in [0.2, 0.25) is 0 Å². The number of esters is 1. The van der Waals surface area contributed by atoms with Crippen LogP contribution in [0.4, 0.5) is 0 Å². The van der Waals surface area contributed by atoms with Crippen LogP contribution in [0.3, 0.4) is 0 Å². The van der Waals surface area contributed by atoms with Crippen molar-refractivity contribution < 1.29 is 14.3 Å². The van der Waals surface area contributed by atoms with E-state index >= 15 is 0 Å². The zero-order valence-corrected chi connectivity index (χ0v) is 18.5. The molecule has 6 heteroatoms. The van der Waals surface area contributed by atoms with Crippen LogP contribution >= 0.6 is 0 Å². The minimum Gasteiger partial charge on any atom is -0.465 e. The van der Waals surface area contributed by atoms with Crippen LogP contribution in [0.5, 0.6) is 0 Å². The molecule has 162 valence electrons. The van der Waals surface area contributed by atoms with Crippen LogP contribution in [-0.2, 0) is 9.53 Å². The molecule has 0 spiro atoms. The number of carbonyl (C=O) groups excluding carboxylic acids is 2. The van der Waals surface area contributed by atoms with Crippen LogP contribution < -0.4 is 5.32 Å². The number of rotatable bonds is 6. The highest BCUT2D eigenvalue weighted by atomic mass is 16.5. The zero-order valence-electron chi connectivity index (χ0n) is 18.5. The van der Waals surface area contributed by atoms with Gasteiger partial charge >= 0.3 is 5.97 Å². The molecule has 3 aromatic rings. The molecule has 1 aromatic heterocycles. The third-order valence-electron chi connectivity index (χ3n) is 5.31. The van der Waals surface area contributed by atoms with E-state index < -0.39 is 11.9 Å². The van der Waals surface area contributed by atoms with Crippen molar-refractivity contribution in [3.63, 3.8) is 0 Å². The summed E-state index contributed by atoms with van der Waals surface area (Å²) in [6.45, 7) is 5.71. The van der Waals surface area contributed by atoms with E-state index in [4.69, 9.17) is 4.74 Å². The second-order valence-electron chi connectivity index (χ2n) is 7.48. The summed E-state index contributed by atoms with van der Waals surface area (Å²) in [6, 6.07) is 20.4. The van der Waals surface area contributed by atoms with Gasteiger partial charge < -0.3 is 14.6 Å². The molecule has 0 aliphatic rings. The summed E-state index contributed by atoms with van der Waals surface area (Å²) in [5.74, 6) is -0.841. The smallest absolute Gasteiger partial charge is 0.337 e. The average Bonchev–Trinajstić information content (AvgIpc) is 3.09. The van der Waals surface area contributed by atoms with Gasteiger partial charge in [-0.1, -0.05) is 36.4 Å². The Morgan fingerprint density at radius 2 is 1.81 bits per heavy atom. The Hall–Kier alpha value is -4.11. The number of carbonyl (C=O) groups is 2. The lowest BCUT2D eigenvalue weighted by atomic mass is 10.1. The van der Waals surface area contributed by atoms with Gasteiger partial charge in [-0.25, -0.2) is 4.79 Å². The fourth-order valence-electron chi connectivity index (χ4n) is 3.62. The van der Waals surface area contributed by atoms with E-state index in [9.17, 15) is 14.9 Å². The molecular formula is C26H25N3O3. The molecule has 1 heterocycles. The number of hydrogen-bond acceptors (Lipinski definition) is 4. The van der Waals surface area contributed by atoms with Crippen molar-refractivity contribution in [2.75, 3.05) is 7.11 Å². The van der Waals surface area contributed by atoms with Gasteiger partial charge in [0.2, 0.25) is 0 Å². The molecule has 0 aliphatic heterocycles. The lowest BCUT2D eigenvalue weighted by Crippen LogP contribution is -2.27. The molecule has 0 aliphatic carbocycles. The summed E-state index contributed by atoms with van der Waals surface area (Å²) in [5.41, 5.74) is 4.74. The van der Waals surface area contributed by atoms with Gasteiger partial charge in [0.1, 0.15) is 11.6 Å². The van der Waals surface area contributed by atoms with E-state index in [1.807, 2.05) is 73.9 Å². The van der Waals surface area contributed by atoms with Crippen molar-refractivity contribution in [1.29, 1.82) is 5.26 Å². The topological polar surface area (TPSA) is 84.1 Å². The van der Waals surface area contributed by atoms with E-state index in [0.29, 0.717) is 5.56 Å². The minimum atomic E-state index is -0.429. The minimum absolute atomic E-state index is 0.0244. The lowest BCUT2D eigenvalue weighted by molar-refractivity contribution is -0.117. The molecule has 6 nitrogen and oxygen atoms in total. The molecule has 1 atom stereocenters. The fourth-order valence-corrected chi connectivity index (χ4v) is 3.62. The van der Waals surface area contributed by atoms with Crippen molar-refractivity contribution >= 4 is 18.0 Å². The summed E-state index contributed by atoms with van der Waals surface area (Å²) in [7, 11) is 1.34. The van der Waals surface area contributed by atoms with E-state index in [1.54, 1.807) is 24.3 Å².